The maximum Gasteiger partial charge on any atom is 0.267 e. The summed E-state index contributed by atoms with van der Waals surface area (Å²) in [5.74, 6) is 0.465. The minimum absolute atomic E-state index is 0.0310. The van der Waals surface area contributed by atoms with Crippen molar-refractivity contribution in [1.29, 1.82) is 0 Å². The number of amides is 1. The Hall–Kier alpha value is -2.10. The quantitative estimate of drug-likeness (QED) is 0.285. The van der Waals surface area contributed by atoms with E-state index in [1.807, 2.05) is 0 Å². The van der Waals surface area contributed by atoms with E-state index in [1.54, 1.807) is 37.1 Å². The zero-order valence-corrected chi connectivity index (χ0v) is 17.1. The smallest absolute Gasteiger partial charge is 0.267 e. The molecule has 4 nitrogen and oxygen atoms in total. The molecular formula is C23H33NO3. The zero-order valence-electron chi connectivity index (χ0n) is 17.1. The van der Waals surface area contributed by atoms with Crippen LogP contribution in [0.4, 0.5) is 5.69 Å². The van der Waals surface area contributed by atoms with Gasteiger partial charge in [0.1, 0.15) is 5.75 Å². The minimum atomic E-state index is -0.534. The minimum Gasteiger partial charge on any atom is -0.479 e. The Bertz CT molecular complexity index is 680. The lowest BCUT2D eigenvalue weighted by Gasteiger charge is -2.30. The average molecular weight is 372 g/mol. The van der Waals surface area contributed by atoms with Crippen molar-refractivity contribution in [2.75, 3.05) is 11.9 Å². The number of hydrogen-bond acceptors (Lipinski definition) is 3. The van der Waals surface area contributed by atoms with Crippen molar-refractivity contribution in [2.24, 2.45) is 0 Å². The number of rotatable bonds is 11. The van der Waals surface area contributed by atoms with Gasteiger partial charge in [-0.15, -0.1) is 0 Å². The number of nitrogens with zero attached hydrogens (tertiary/aromatic N) is 1. The molecular weight excluding hydrogens is 338 g/mol. The van der Waals surface area contributed by atoms with Crippen molar-refractivity contribution < 1.29 is 14.3 Å². The summed E-state index contributed by atoms with van der Waals surface area (Å²) in [5.41, 5.74) is 1.92. The van der Waals surface area contributed by atoms with Gasteiger partial charge in [-0.25, -0.2) is 0 Å². The maximum atomic E-state index is 12.7. The highest BCUT2D eigenvalue weighted by Gasteiger charge is 2.29. The molecule has 0 fully saturated rings. The molecule has 1 aromatic carbocycles. The third-order valence-corrected chi connectivity index (χ3v) is 5.22. The van der Waals surface area contributed by atoms with E-state index in [2.05, 4.69) is 13.5 Å². The fourth-order valence-corrected chi connectivity index (χ4v) is 3.45. The lowest BCUT2D eigenvalue weighted by Crippen LogP contribution is -2.42. The van der Waals surface area contributed by atoms with Crippen LogP contribution in [0, 0.1) is 0 Å². The first kappa shape index (κ1) is 21.2. The molecule has 1 aromatic rings. The zero-order chi connectivity index (χ0) is 19.8. The Morgan fingerprint density at radius 2 is 1.74 bits per heavy atom. The van der Waals surface area contributed by atoms with Gasteiger partial charge in [0.2, 0.25) is 0 Å². The van der Waals surface area contributed by atoms with Gasteiger partial charge >= 0.3 is 0 Å². The van der Waals surface area contributed by atoms with Crippen molar-refractivity contribution in [3.8, 4) is 5.75 Å². The van der Waals surface area contributed by atoms with Gasteiger partial charge in [-0.3, -0.25) is 9.59 Å². The maximum absolute atomic E-state index is 12.7. The van der Waals surface area contributed by atoms with E-state index >= 15 is 0 Å². The van der Waals surface area contributed by atoms with Gasteiger partial charge in [0.05, 0.1) is 5.69 Å². The average Bonchev–Trinajstić information content (AvgIpc) is 2.67. The van der Waals surface area contributed by atoms with Crippen LogP contribution in [0.2, 0.25) is 0 Å². The van der Waals surface area contributed by atoms with Crippen LogP contribution in [0.3, 0.4) is 0 Å². The first-order valence-corrected chi connectivity index (χ1v) is 10.3. The van der Waals surface area contributed by atoms with Crippen LogP contribution in [0.5, 0.6) is 5.75 Å². The number of carbonyl (C=O) groups is 2. The fraction of sp³-hybridized carbons (Fsp3) is 0.565. The number of Topliss-reactive ketones (excluding diaryl/α,β-unsaturated/α-hetero) is 1. The predicted molar refractivity (Wildman–Crippen MR) is 111 cm³/mol. The first-order chi connectivity index (χ1) is 13.0. The molecule has 2 rings (SSSR count). The van der Waals surface area contributed by atoms with Crippen LogP contribution in [0.1, 0.15) is 82.0 Å². The lowest BCUT2D eigenvalue weighted by atomic mass is 9.98. The highest BCUT2D eigenvalue weighted by Crippen LogP contribution is 2.34. The fourth-order valence-electron chi connectivity index (χ4n) is 3.45. The summed E-state index contributed by atoms with van der Waals surface area (Å²) in [5, 5.41) is 0. The molecule has 1 heterocycles. The van der Waals surface area contributed by atoms with Crippen LogP contribution in [0.25, 0.3) is 0 Å². The molecule has 0 spiro atoms. The highest BCUT2D eigenvalue weighted by molar-refractivity contribution is 6.09. The van der Waals surface area contributed by atoms with Crippen LogP contribution in [0.15, 0.2) is 30.4 Å². The Kier molecular flexibility index (Phi) is 8.08. The highest BCUT2D eigenvalue weighted by atomic mass is 16.5. The number of allylic oxidation sites excluding steroid dienone is 1. The molecule has 0 saturated carbocycles. The molecule has 0 bridgehead atoms. The molecule has 0 radical (unpaired) electrons. The molecule has 4 heteroatoms. The lowest BCUT2D eigenvalue weighted by molar-refractivity contribution is -0.125. The Morgan fingerprint density at radius 3 is 2.41 bits per heavy atom. The summed E-state index contributed by atoms with van der Waals surface area (Å²) < 4.78 is 5.67. The van der Waals surface area contributed by atoms with E-state index in [-0.39, 0.29) is 11.7 Å². The summed E-state index contributed by atoms with van der Waals surface area (Å²) in [4.78, 5) is 26.2. The monoisotopic (exact) mass is 371 g/mol. The van der Waals surface area contributed by atoms with Gasteiger partial charge < -0.3 is 9.64 Å². The van der Waals surface area contributed by atoms with Gasteiger partial charge in [0.25, 0.3) is 5.91 Å². The molecule has 0 N–H and O–H groups in total. The third-order valence-electron chi connectivity index (χ3n) is 5.22. The van der Waals surface area contributed by atoms with E-state index in [0.29, 0.717) is 22.6 Å². The van der Waals surface area contributed by atoms with Crippen molar-refractivity contribution >= 4 is 17.4 Å². The summed E-state index contributed by atoms with van der Waals surface area (Å²) in [7, 11) is 1.73. The third kappa shape index (κ3) is 5.69. The number of ketones is 1. The van der Waals surface area contributed by atoms with Gasteiger partial charge in [0.15, 0.2) is 11.9 Å². The van der Waals surface area contributed by atoms with E-state index < -0.39 is 6.10 Å². The summed E-state index contributed by atoms with van der Waals surface area (Å²) in [6.07, 6.45) is 10.1. The number of likely N-dealkylation sites (N-methyl/N-ethyl adjacent to an activating group) is 1. The van der Waals surface area contributed by atoms with E-state index in [0.717, 1.165) is 19.3 Å². The molecule has 1 unspecified atom stereocenters. The summed E-state index contributed by atoms with van der Waals surface area (Å²) in [6, 6.07) is 5.26. The van der Waals surface area contributed by atoms with Crippen molar-refractivity contribution in [2.45, 2.75) is 77.7 Å². The number of anilines is 1. The first-order valence-electron chi connectivity index (χ1n) is 10.3. The van der Waals surface area contributed by atoms with E-state index in [9.17, 15) is 9.59 Å². The summed E-state index contributed by atoms with van der Waals surface area (Å²) >= 11 is 0. The number of hydrogen-bond donors (Lipinski definition) is 0. The molecule has 0 aliphatic carbocycles. The standard InChI is InChI=1S/C23H33NO3/c1-5-6-7-8-9-10-11-12-13-17(2)22(25)19-14-15-20-21(16-19)27-18(3)23(26)24(20)4/h14-16,18H,2,5-13H2,1,3-4H3. The molecule has 0 aromatic heterocycles. The molecule has 1 aliphatic heterocycles. The number of carbonyl (C=O) groups excluding carboxylic acids is 2. The SMILES string of the molecule is C=C(CCCCCCCCCC)C(=O)c1ccc2c(c1)OC(C)C(=O)N2C. The molecule has 1 atom stereocenters. The van der Waals surface area contributed by atoms with Crippen molar-refractivity contribution in [1.82, 2.24) is 0 Å². The molecule has 0 saturated heterocycles. The normalized spacial score (nSPS) is 16.0. The summed E-state index contributed by atoms with van der Waals surface area (Å²) in [6.45, 7) is 7.94. The van der Waals surface area contributed by atoms with Gasteiger partial charge in [-0.1, -0.05) is 58.4 Å². The van der Waals surface area contributed by atoms with Gasteiger partial charge in [-0.2, -0.15) is 0 Å². The number of unbranched alkanes of at least 4 members (excludes halogenated alkanes) is 7. The van der Waals surface area contributed by atoms with Crippen LogP contribution < -0.4 is 9.64 Å². The van der Waals surface area contributed by atoms with E-state index in [4.69, 9.17) is 4.74 Å². The van der Waals surface area contributed by atoms with Crippen LogP contribution >= 0.6 is 0 Å². The Balaban J connectivity index is 1.82. The van der Waals surface area contributed by atoms with Crippen molar-refractivity contribution in [3.63, 3.8) is 0 Å². The van der Waals surface area contributed by atoms with E-state index in [1.165, 1.54) is 38.5 Å². The van der Waals surface area contributed by atoms with Crippen LogP contribution in [-0.4, -0.2) is 24.8 Å². The molecule has 1 aliphatic rings. The number of ether oxygens (including phenoxy) is 1. The largest absolute Gasteiger partial charge is 0.479 e. The predicted octanol–water partition coefficient (Wildman–Crippen LogP) is 5.70. The van der Waals surface area contributed by atoms with Crippen molar-refractivity contribution in [3.05, 3.63) is 35.9 Å². The second-order valence-corrected chi connectivity index (χ2v) is 7.50. The molecule has 27 heavy (non-hydrogen) atoms. The topological polar surface area (TPSA) is 46.6 Å². The second-order valence-electron chi connectivity index (χ2n) is 7.50. The number of fused-ring (bicyclic) bond motifs is 1. The molecule has 148 valence electrons. The van der Waals surface area contributed by atoms with Gasteiger partial charge in [-0.05, 0) is 43.5 Å². The Labute approximate surface area is 163 Å². The Morgan fingerprint density at radius 1 is 1.11 bits per heavy atom. The molecule has 1 amide bonds. The second kappa shape index (κ2) is 10.3. The van der Waals surface area contributed by atoms with Gasteiger partial charge in [0, 0.05) is 12.6 Å². The number of benzene rings is 1. The van der Waals surface area contributed by atoms with Crippen LogP contribution in [-0.2, 0) is 4.79 Å².